The molecular formula is H10AlSbSiZn. The monoisotopic (exact) mass is 250 g/mol. The van der Waals surface area contributed by atoms with Gasteiger partial charge in [0.2, 0.25) is 0 Å². The van der Waals surface area contributed by atoms with E-state index in [4.69, 9.17) is 0 Å². The fourth-order valence-electron chi connectivity index (χ4n) is 0. The third-order valence-electron chi connectivity index (χ3n) is 0. The maximum absolute atomic E-state index is 0. The van der Waals surface area contributed by atoms with Crippen LogP contribution in [0.4, 0.5) is 0 Å². The second kappa shape index (κ2) is 19.0. The van der Waals surface area contributed by atoms with Crippen LogP contribution in [0.5, 0.6) is 0 Å². The molecule has 0 radical (unpaired) electrons. The minimum Gasteiger partial charge on any atom is -0.0149 e. The molecule has 4 heavy (non-hydrogen) atoms. The van der Waals surface area contributed by atoms with Gasteiger partial charge in [0.05, 0.1) is 0 Å². The average molecular weight is 252 g/mol. The van der Waals surface area contributed by atoms with Crippen molar-refractivity contribution in [3.8, 4) is 0 Å². The second-order valence-corrected chi connectivity index (χ2v) is 0. The fourth-order valence-corrected chi connectivity index (χ4v) is 0. The summed E-state index contributed by atoms with van der Waals surface area (Å²) in [6.45, 7) is 0. The van der Waals surface area contributed by atoms with Gasteiger partial charge in [-0.05, 0) is 11.0 Å². The topological polar surface area (TPSA) is 0 Å². The van der Waals surface area contributed by atoms with Gasteiger partial charge in [-0.3, -0.25) is 0 Å². The van der Waals surface area contributed by atoms with Crippen molar-refractivity contribution in [1.82, 2.24) is 0 Å². The van der Waals surface area contributed by atoms with Gasteiger partial charge in [-0.25, -0.2) is 0 Å². The zero-order chi connectivity index (χ0) is 0. The van der Waals surface area contributed by atoms with Crippen LogP contribution in [-0.2, 0) is 19.5 Å². The Labute approximate surface area is 71.5 Å². The SMILES string of the molecule is [AlH3].[SbH3].[SiH4].[Zn]. The van der Waals surface area contributed by atoms with Crippen LogP contribution in [0.1, 0.15) is 0 Å². The molecule has 0 saturated heterocycles. The number of hydrogen-bond acceptors (Lipinski definition) is 0. The summed E-state index contributed by atoms with van der Waals surface area (Å²) >= 11 is 0. The molecule has 0 aliphatic rings. The van der Waals surface area contributed by atoms with E-state index in [0.717, 1.165) is 0 Å². The van der Waals surface area contributed by atoms with E-state index in [-0.39, 0.29) is 72.2 Å². The first-order chi connectivity index (χ1) is 0. The molecule has 4 heteroatoms. The molecule has 0 spiro atoms. The molecule has 0 heterocycles. The smallest absolute Gasteiger partial charge is 0 e. The van der Waals surface area contributed by atoms with Crippen molar-refractivity contribution in [1.29, 1.82) is 0 Å². The molecule has 0 bridgehead atoms. The van der Waals surface area contributed by atoms with E-state index in [1.165, 1.54) is 0 Å². The molecule has 0 saturated carbocycles. The third-order valence-corrected chi connectivity index (χ3v) is 0. The van der Waals surface area contributed by atoms with E-state index in [9.17, 15) is 0 Å². The summed E-state index contributed by atoms with van der Waals surface area (Å²) in [7, 11) is 0. The summed E-state index contributed by atoms with van der Waals surface area (Å²) in [4.78, 5) is 0. The molecular weight excluding hydrogens is 242 g/mol. The Balaban J connectivity index is 0. The molecule has 0 aromatic carbocycles. The quantitative estimate of drug-likeness (QED) is 0.388. The molecule has 0 amide bonds. The average Bonchev–Trinajstić information content (AvgIpc) is 0. The molecule has 0 N–H and O–H groups in total. The van der Waals surface area contributed by atoms with Crippen molar-refractivity contribution < 1.29 is 19.5 Å². The summed E-state index contributed by atoms with van der Waals surface area (Å²) in [5, 5.41) is 0. The van der Waals surface area contributed by atoms with Crippen LogP contribution in [0.15, 0.2) is 0 Å². The Hall–Kier alpha value is 2.19. The Morgan fingerprint density at radius 2 is 1.00 bits per heavy atom. The van der Waals surface area contributed by atoms with Gasteiger partial charge in [0.25, 0.3) is 0 Å². The summed E-state index contributed by atoms with van der Waals surface area (Å²) in [5.74, 6) is 0. The largest absolute Gasteiger partial charge is 0.0149 e. The molecule has 0 aromatic rings. The van der Waals surface area contributed by atoms with Crippen LogP contribution in [0.3, 0.4) is 0 Å². The van der Waals surface area contributed by atoms with Crippen LogP contribution in [-0.4, -0.2) is 52.8 Å². The van der Waals surface area contributed by atoms with Gasteiger partial charge < -0.3 is 0 Å². The molecule has 0 nitrogen and oxygen atoms in total. The van der Waals surface area contributed by atoms with Crippen LogP contribution in [0.25, 0.3) is 0 Å². The van der Waals surface area contributed by atoms with Crippen LogP contribution >= 0.6 is 0 Å². The molecule has 0 rings (SSSR count). The minimum absolute atomic E-state index is 0. The van der Waals surface area contributed by atoms with Crippen molar-refractivity contribution in [3.63, 3.8) is 0 Å². The van der Waals surface area contributed by atoms with Gasteiger partial charge in [0.1, 0.15) is 0 Å². The Morgan fingerprint density at radius 1 is 1.00 bits per heavy atom. The first-order valence-corrected chi connectivity index (χ1v) is 0. The third kappa shape index (κ3) is 8.89. The predicted molar refractivity (Wildman–Crippen MR) is 31.2 cm³/mol. The van der Waals surface area contributed by atoms with E-state index in [1.54, 1.807) is 0 Å². The van der Waals surface area contributed by atoms with E-state index in [0.29, 0.717) is 0 Å². The second-order valence-electron chi connectivity index (χ2n) is 0. The summed E-state index contributed by atoms with van der Waals surface area (Å²) < 4.78 is 0. The summed E-state index contributed by atoms with van der Waals surface area (Å²) in [6, 6.07) is 0. The normalized spacial score (nSPS) is 0. The maximum Gasteiger partial charge on any atom is 0 e. The first kappa shape index (κ1) is 34.8. The molecule has 0 aliphatic heterocycles. The van der Waals surface area contributed by atoms with Gasteiger partial charge in [-0.15, -0.1) is 0 Å². The van der Waals surface area contributed by atoms with Crippen molar-refractivity contribution in [2.24, 2.45) is 0 Å². The molecule has 0 unspecified atom stereocenters. The maximum atomic E-state index is 0. The van der Waals surface area contributed by atoms with Gasteiger partial charge in [0.15, 0.2) is 17.4 Å². The zero-order valence-electron chi connectivity index (χ0n) is 1.41. The Bertz CT molecular complexity index is 8.00. The number of hydrogen-bond donors (Lipinski definition) is 0. The van der Waals surface area contributed by atoms with Crippen LogP contribution in [0.2, 0.25) is 0 Å². The van der Waals surface area contributed by atoms with E-state index < -0.39 is 0 Å². The van der Waals surface area contributed by atoms with Gasteiger partial charge in [0, 0.05) is 19.5 Å². The van der Waals surface area contributed by atoms with Crippen molar-refractivity contribution in [3.05, 3.63) is 0 Å². The van der Waals surface area contributed by atoms with Crippen molar-refractivity contribution in [2.75, 3.05) is 0 Å². The Morgan fingerprint density at radius 3 is 1.00 bits per heavy atom. The van der Waals surface area contributed by atoms with Gasteiger partial charge in [-0.1, -0.05) is 0 Å². The minimum atomic E-state index is 0. The van der Waals surface area contributed by atoms with Crippen LogP contribution < -0.4 is 0 Å². The molecule has 0 fully saturated rings. The zero-order valence-corrected chi connectivity index (χ0v) is 8.42. The predicted octanol–water partition coefficient (Wildman–Crippen LogP) is -3.82. The molecule has 0 aromatic heterocycles. The van der Waals surface area contributed by atoms with E-state index >= 15 is 0 Å². The van der Waals surface area contributed by atoms with E-state index in [2.05, 4.69) is 0 Å². The van der Waals surface area contributed by atoms with Crippen molar-refractivity contribution in [2.45, 2.75) is 0 Å². The fraction of sp³-hybridized carbons (Fsp3) is 0. The van der Waals surface area contributed by atoms with Gasteiger partial charge >= 0.3 is 24.4 Å². The molecule has 0 atom stereocenters. The molecule has 24 valence electrons. The molecule has 0 aliphatic carbocycles. The summed E-state index contributed by atoms with van der Waals surface area (Å²) in [6.07, 6.45) is 0. The standard InChI is InChI=1S/Al.Sb.H4Si.Zn.6H/h;;1H4;;;;;;;. The summed E-state index contributed by atoms with van der Waals surface area (Å²) in [5.41, 5.74) is 0. The first-order valence-electron chi connectivity index (χ1n) is 0. The number of rotatable bonds is 0. The van der Waals surface area contributed by atoms with Gasteiger partial charge in [-0.2, -0.15) is 0 Å². The Kier molecular flexibility index (Phi) is 165. The van der Waals surface area contributed by atoms with Crippen LogP contribution in [0, 0.1) is 0 Å². The van der Waals surface area contributed by atoms with Crippen molar-refractivity contribution >= 4 is 52.8 Å². The van der Waals surface area contributed by atoms with E-state index in [1.807, 2.05) is 0 Å².